The van der Waals surface area contributed by atoms with Crippen LogP contribution in [0.15, 0.2) is 67.0 Å². The molecule has 0 aliphatic carbocycles. The van der Waals surface area contributed by atoms with Gasteiger partial charge in [0.05, 0.1) is 0 Å². The van der Waals surface area contributed by atoms with Gasteiger partial charge in [0.15, 0.2) is 0 Å². The quantitative estimate of drug-likeness (QED) is 0.244. The van der Waals surface area contributed by atoms with E-state index in [1.165, 1.54) is 12.1 Å². The van der Waals surface area contributed by atoms with Gasteiger partial charge in [0.25, 0.3) is 5.91 Å². The Hall–Kier alpha value is -4.47. The van der Waals surface area contributed by atoms with Crippen LogP contribution < -0.4 is 10.6 Å². The fourth-order valence-corrected chi connectivity index (χ4v) is 3.57. The largest absolute Gasteiger partial charge is 0.433 e. The summed E-state index contributed by atoms with van der Waals surface area (Å²) in [7, 11) is 5.51. The topological polar surface area (TPSA) is 87.2 Å². The van der Waals surface area contributed by atoms with E-state index in [0.29, 0.717) is 35.0 Å². The third-order valence-corrected chi connectivity index (χ3v) is 5.45. The predicted octanol–water partition coefficient (Wildman–Crippen LogP) is 5.28. The van der Waals surface area contributed by atoms with E-state index in [1.54, 1.807) is 31.4 Å². The summed E-state index contributed by atoms with van der Waals surface area (Å²) in [6, 6.07) is 10.7. The average molecular weight is 510 g/mol. The number of anilines is 2. The molecule has 2 heterocycles. The number of hydrogen-bond acceptors (Lipinski definition) is 6. The van der Waals surface area contributed by atoms with Crippen molar-refractivity contribution in [2.75, 3.05) is 31.8 Å². The Labute approximate surface area is 212 Å². The summed E-state index contributed by atoms with van der Waals surface area (Å²) in [4.78, 5) is 33.7. The van der Waals surface area contributed by atoms with Crippen molar-refractivity contribution in [1.29, 1.82) is 0 Å². The fraction of sp³-hybridized carbons (Fsp3) is 0.185. The Balaban J connectivity index is 1.99. The molecule has 1 amide bonds. The number of carbonyl (C=O) groups excluding carboxylic acids is 2. The maximum atomic E-state index is 13.0. The highest BCUT2D eigenvalue weighted by Gasteiger charge is 2.33. The number of hydrogen-bond donors (Lipinski definition) is 2. The third-order valence-electron chi connectivity index (χ3n) is 5.45. The standard InChI is InChI=1S/C27H26F3N5O2/c1-17-5-6-21(34-26(37)20-8-10-32-24(14-20)27(28,29)30)16-22(17)18(9-12-36)13-23(35(3)4)19-7-11-33-25(15-19)31-2/h5-16H,1-4H3,(H,31,33)(H,34,37)/b18-9+,23-13-. The molecule has 2 N–H and O–H groups in total. The molecule has 0 bridgehead atoms. The maximum Gasteiger partial charge on any atom is 0.433 e. The molecule has 7 nitrogen and oxygen atoms in total. The van der Waals surface area contributed by atoms with E-state index in [-0.39, 0.29) is 5.56 Å². The van der Waals surface area contributed by atoms with Crippen LogP contribution in [0, 0.1) is 6.92 Å². The molecule has 0 fully saturated rings. The molecule has 0 aliphatic rings. The lowest BCUT2D eigenvalue weighted by atomic mass is 9.97. The number of aryl methyl sites for hydroxylation is 1. The molecule has 192 valence electrons. The van der Waals surface area contributed by atoms with E-state index in [9.17, 15) is 22.8 Å². The molecule has 10 heteroatoms. The molecule has 1 aromatic carbocycles. The van der Waals surface area contributed by atoms with Crippen molar-refractivity contribution in [3.63, 3.8) is 0 Å². The van der Waals surface area contributed by atoms with Crippen LogP contribution in [0.2, 0.25) is 0 Å². The predicted molar refractivity (Wildman–Crippen MR) is 138 cm³/mol. The third kappa shape index (κ3) is 6.81. The average Bonchev–Trinajstić information content (AvgIpc) is 2.87. The number of alkyl halides is 3. The summed E-state index contributed by atoms with van der Waals surface area (Å²) in [5.41, 5.74) is 2.76. The van der Waals surface area contributed by atoms with Gasteiger partial charge in [-0.25, -0.2) is 4.98 Å². The van der Waals surface area contributed by atoms with E-state index in [2.05, 4.69) is 20.6 Å². The van der Waals surface area contributed by atoms with Crippen LogP contribution in [0.5, 0.6) is 0 Å². The number of benzene rings is 1. The summed E-state index contributed by atoms with van der Waals surface area (Å²) in [5, 5.41) is 5.62. The number of aldehydes is 1. The van der Waals surface area contributed by atoms with E-state index >= 15 is 0 Å². The Kier molecular flexibility index (Phi) is 8.44. The van der Waals surface area contributed by atoms with E-state index in [1.807, 2.05) is 44.1 Å². The van der Waals surface area contributed by atoms with Crippen molar-refractivity contribution in [2.45, 2.75) is 13.1 Å². The molecule has 0 spiro atoms. The number of halogens is 3. The fourth-order valence-electron chi connectivity index (χ4n) is 3.57. The highest BCUT2D eigenvalue weighted by atomic mass is 19.4. The lowest BCUT2D eigenvalue weighted by Crippen LogP contribution is -2.15. The first-order valence-corrected chi connectivity index (χ1v) is 11.2. The van der Waals surface area contributed by atoms with Crippen LogP contribution >= 0.6 is 0 Å². The Bertz CT molecular complexity index is 1360. The van der Waals surface area contributed by atoms with Gasteiger partial charge in [-0.05, 0) is 72.2 Å². The number of carbonyl (C=O) groups is 2. The lowest BCUT2D eigenvalue weighted by Gasteiger charge is -2.20. The maximum absolute atomic E-state index is 13.0. The summed E-state index contributed by atoms with van der Waals surface area (Å²) < 4.78 is 39.0. The normalized spacial score (nSPS) is 12.2. The minimum atomic E-state index is -4.67. The van der Waals surface area contributed by atoms with Crippen LogP contribution in [-0.4, -0.2) is 48.2 Å². The lowest BCUT2D eigenvalue weighted by molar-refractivity contribution is -0.141. The van der Waals surface area contributed by atoms with Gasteiger partial charge in [0, 0.05) is 56.0 Å². The van der Waals surface area contributed by atoms with Crippen LogP contribution in [0.4, 0.5) is 24.7 Å². The smallest absolute Gasteiger partial charge is 0.377 e. The highest BCUT2D eigenvalue weighted by molar-refractivity contribution is 6.04. The Morgan fingerprint density at radius 3 is 2.35 bits per heavy atom. The monoisotopic (exact) mass is 509 g/mol. The van der Waals surface area contributed by atoms with Crippen molar-refractivity contribution in [3.05, 3.63) is 95.0 Å². The molecule has 0 unspecified atom stereocenters. The second-order valence-corrected chi connectivity index (χ2v) is 8.27. The highest BCUT2D eigenvalue weighted by Crippen LogP contribution is 2.30. The zero-order valence-corrected chi connectivity index (χ0v) is 20.7. The number of aromatic nitrogens is 2. The number of amides is 1. The molecule has 0 atom stereocenters. The molecular weight excluding hydrogens is 483 g/mol. The molecule has 37 heavy (non-hydrogen) atoms. The van der Waals surface area contributed by atoms with Gasteiger partial charge < -0.3 is 15.5 Å². The first-order chi connectivity index (χ1) is 17.5. The van der Waals surface area contributed by atoms with Crippen LogP contribution in [0.3, 0.4) is 0 Å². The summed E-state index contributed by atoms with van der Waals surface area (Å²) in [6.45, 7) is 1.85. The number of nitrogens with zero attached hydrogens (tertiary/aromatic N) is 3. The Morgan fingerprint density at radius 1 is 1.00 bits per heavy atom. The number of allylic oxidation sites excluding steroid dienone is 3. The van der Waals surface area contributed by atoms with Gasteiger partial charge >= 0.3 is 6.18 Å². The molecule has 0 saturated heterocycles. The zero-order chi connectivity index (χ0) is 27.2. The van der Waals surface area contributed by atoms with Crippen LogP contribution in [0.1, 0.15) is 32.7 Å². The summed E-state index contributed by atoms with van der Waals surface area (Å²) in [5.74, 6) is -0.0404. The molecule has 3 aromatic rings. The van der Waals surface area contributed by atoms with Gasteiger partial charge in [-0.2, -0.15) is 13.2 Å². The molecule has 3 rings (SSSR count). The number of pyridine rings is 2. The van der Waals surface area contributed by atoms with Crippen LogP contribution in [0.25, 0.3) is 11.3 Å². The van der Waals surface area contributed by atoms with E-state index < -0.39 is 17.8 Å². The molecule has 0 radical (unpaired) electrons. The molecule has 0 saturated carbocycles. The van der Waals surface area contributed by atoms with Crippen molar-refractivity contribution in [1.82, 2.24) is 14.9 Å². The summed E-state index contributed by atoms with van der Waals surface area (Å²) >= 11 is 0. The van der Waals surface area contributed by atoms with Gasteiger partial charge in [-0.15, -0.1) is 0 Å². The van der Waals surface area contributed by atoms with Crippen molar-refractivity contribution in [3.8, 4) is 0 Å². The van der Waals surface area contributed by atoms with Gasteiger partial charge in [-0.3, -0.25) is 14.6 Å². The molecule has 0 aliphatic heterocycles. The van der Waals surface area contributed by atoms with Crippen LogP contribution in [-0.2, 0) is 11.0 Å². The Morgan fingerprint density at radius 2 is 1.70 bits per heavy atom. The zero-order valence-electron chi connectivity index (χ0n) is 20.7. The van der Waals surface area contributed by atoms with Crippen molar-refractivity contribution < 1.29 is 22.8 Å². The molecule has 2 aromatic heterocycles. The summed E-state index contributed by atoms with van der Waals surface area (Å²) in [6.07, 6.45) is 1.87. The van der Waals surface area contributed by atoms with Gasteiger partial charge in [0.2, 0.25) is 0 Å². The minimum Gasteiger partial charge on any atom is -0.377 e. The first kappa shape index (κ1) is 27.1. The second-order valence-electron chi connectivity index (χ2n) is 8.27. The van der Waals surface area contributed by atoms with E-state index in [4.69, 9.17) is 0 Å². The van der Waals surface area contributed by atoms with Crippen molar-refractivity contribution in [2.24, 2.45) is 0 Å². The van der Waals surface area contributed by atoms with Gasteiger partial charge in [0.1, 0.15) is 17.8 Å². The van der Waals surface area contributed by atoms with Gasteiger partial charge in [-0.1, -0.05) is 6.07 Å². The second kappa shape index (κ2) is 11.5. The minimum absolute atomic E-state index is 0.180. The van der Waals surface area contributed by atoms with Crippen molar-refractivity contribution >= 4 is 35.0 Å². The molecular formula is C27H26F3N5O2. The number of rotatable bonds is 8. The first-order valence-electron chi connectivity index (χ1n) is 11.2. The number of nitrogens with one attached hydrogen (secondary N) is 2. The SMILES string of the molecule is CNc1cc(/C(=C/C(=C\C=O)c2cc(NC(=O)c3ccnc(C(F)(F)F)c3)ccc2C)N(C)C)ccn1. The van der Waals surface area contributed by atoms with E-state index in [0.717, 1.165) is 23.0 Å².